The minimum atomic E-state index is -4.59. The van der Waals surface area contributed by atoms with Crippen molar-refractivity contribution in [3.05, 3.63) is 70.3 Å². The Kier molecular flexibility index (Phi) is 8.32. The van der Waals surface area contributed by atoms with Gasteiger partial charge < -0.3 is 15.5 Å². The molecule has 1 atom stereocenters. The summed E-state index contributed by atoms with van der Waals surface area (Å²) in [5.74, 6) is -1.66. The summed E-state index contributed by atoms with van der Waals surface area (Å²) >= 11 is 0. The van der Waals surface area contributed by atoms with E-state index < -0.39 is 41.7 Å². The highest BCUT2D eigenvalue weighted by atomic mass is 19.4. The molecule has 2 N–H and O–H groups in total. The summed E-state index contributed by atoms with van der Waals surface area (Å²) in [6, 6.07) is 9.30. The van der Waals surface area contributed by atoms with Crippen LogP contribution in [-0.4, -0.2) is 58.9 Å². The molecule has 3 rings (SSSR count). The number of hydrogen-bond acceptors (Lipinski definition) is 4. The Balaban J connectivity index is 1.67. The fraction of sp³-hybridized carbons (Fsp3) is 0.444. The fourth-order valence-electron chi connectivity index (χ4n) is 4.23. The van der Waals surface area contributed by atoms with E-state index in [1.807, 2.05) is 40.7 Å². The molecule has 37 heavy (non-hydrogen) atoms. The molecule has 0 saturated carbocycles. The van der Waals surface area contributed by atoms with E-state index in [0.29, 0.717) is 13.2 Å². The maximum Gasteiger partial charge on any atom is 0.416 e. The van der Waals surface area contributed by atoms with E-state index in [4.69, 9.17) is 0 Å². The second-order valence-corrected chi connectivity index (χ2v) is 10.4. The summed E-state index contributed by atoms with van der Waals surface area (Å²) in [5.41, 5.74) is 1.75. The van der Waals surface area contributed by atoms with Crippen LogP contribution >= 0.6 is 0 Å². The summed E-state index contributed by atoms with van der Waals surface area (Å²) in [5, 5.41) is 5.02. The van der Waals surface area contributed by atoms with Gasteiger partial charge >= 0.3 is 6.18 Å². The van der Waals surface area contributed by atoms with E-state index in [-0.39, 0.29) is 18.0 Å². The van der Waals surface area contributed by atoms with Crippen molar-refractivity contribution in [2.24, 2.45) is 0 Å². The van der Waals surface area contributed by atoms with Crippen LogP contribution in [0.2, 0.25) is 0 Å². The number of aryl methyl sites for hydroxylation is 2. The van der Waals surface area contributed by atoms with Crippen molar-refractivity contribution in [2.45, 2.75) is 58.9 Å². The molecule has 0 aromatic heterocycles. The lowest BCUT2D eigenvalue weighted by molar-refractivity contribution is -0.150. The van der Waals surface area contributed by atoms with Crippen LogP contribution in [0.5, 0.6) is 0 Å². The number of carbonyl (C=O) groups excluding carboxylic acids is 3. The lowest BCUT2D eigenvalue weighted by Gasteiger charge is -2.46. The number of amides is 3. The standard InChI is InChI=1S/C27H33F3N4O3/c1-17-9-10-20(18(2)11-17)14-33-15-22(25(37)34(16-33)26(3,4)5)32-23(35)13-31-24(36)19-7-6-8-21(12-19)27(28,29)30/h6-12,22H,13-16H2,1-5H3,(H,31,36)(H,32,35)/t22-/m0/s1. The molecule has 0 aliphatic carbocycles. The Bertz CT molecular complexity index is 1170. The first-order valence-corrected chi connectivity index (χ1v) is 12.0. The van der Waals surface area contributed by atoms with Gasteiger partial charge in [-0.15, -0.1) is 0 Å². The Morgan fingerprint density at radius 2 is 1.76 bits per heavy atom. The normalized spacial score (nSPS) is 17.0. The smallest absolute Gasteiger partial charge is 0.343 e. The summed E-state index contributed by atoms with van der Waals surface area (Å²) in [7, 11) is 0. The number of rotatable bonds is 6. The van der Waals surface area contributed by atoms with Crippen LogP contribution in [-0.2, 0) is 22.3 Å². The number of halogens is 3. The minimum absolute atomic E-state index is 0.213. The SMILES string of the molecule is Cc1ccc(CN2C[C@H](NC(=O)CNC(=O)c3cccc(C(F)(F)F)c3)C(=O)N(C(C)(C)C)C2)c(C)c1. The van der Waals surface area contributed by atoms with Crippen LogP contribution in [0.25, 0.3) is 0 Å². The molecule has 0 spiro atoms. The minimum Gasteiger partial charge on any atom is -0.343 e. The third-order valence-electron chi connectivity index (χ3n) is 6.24. The molecule has 2 aromatic carbocycles. The molecular weight excluding hydrogens is 485 g/mol. The first-order chi connectivity index (χ1) is 17.1. The molecule has 3 amide bonds. The van der Waals surface area contributed by atoms with E-state index in [9.17, 15) is 27.6 Å². The Morgan fingerprint density at radius 3 is 2.38 bits per heavy atom. The second kappa shape index (κ2) is 10.9. The molecule has 10 heteroatoms. The Hall–Kier alpha value is -3.40. The van der Waals surface area contributed by atoms with E-state index in [0.717, 1.165) is 34.9 Å². The summed E-state index contributed by atoms with van der Waals surface area (Å²) in [4.78, 5) is 42.0. The van der Waals surface area contributed by atoms with Crippen molar-refractivity contribution >= 4 is 17.7 Å². The van der Waals surface area contributed by atoms with Gasteiger partial charge in [-0.1, -0.05) is 29.8 Å². The van der Waals surface area contributed by atoms with Crippen LogP contribution in [0.1, 0.15) is 53.4 Å². The molecule has 1 aliphatic heterocycles. The predicted molar refractivity (Wildman–Crippen MR) is 133 cm³/mol. The molecule has 0 unspecified atom stereocenters. The van der Waals surface area contributed by atoms with Crippen LogP contribution in [0.3, 0.4) is 0 Å². The van der Waals surface area contributed by atoms with Crippen molar-refractivity contribution < 1.29 is 27.6 Å². The van der Waals surface area contributed by atoms with Crippen molar-refractivity contribution in [1.29, 1.82) is 0 Å². The zero-order chi connectivity index (χ0) is 27.5. The summed E-state index contributed by atoms with van der Waals surface area (Å²) in [6.07, 6.45) is -4.59. The third-order valence-corrected chi connectivity index (χ3v) is 6.24. The van der Waals surface area contributed by atoms with Crippen LogP contribution < -0.4 is 10.6 Å². The Labute approximate surface area is 215 Å². The lowest BCUT2D eigenvalue weighted by Crippen LogP contribution is -2.65. The van der Waals surface area contributed by atoms with Crippen LogP contribution in [0.15, 0.2) is 42.5 Å². The van der Waals surface area contributed by atoms with Gasteiger partial charge in [0, 0.05) is 24.2 Å². The average Bonchev–Trinajstić information content (AvgIpc) is 2.80. The highest BCUT2D eigenvalue weighted by Gasteiger charge is 2.39. The van der Waals surface area contributed by atoms with E-state index in [1.165, 1.54) is 6.07 Å². The van der Waals surface area contributed by atoms with E-state index >= 15 is 0 Å². The van der Waals surface area contributed by atoms with Gasteiger partial charge in [-0.25, -0.2) is 0 Å². The van der Waals surface area contributed by atoms with Gasteiger partial charge in [0.05, 0.1) is 18.8 Å². The van der Waals surface area contributed by atoms with E-state index in [2.05, 4.69) is 27.7 Å². The number of nitrogens with zero attached hydrogens (tertiary/aromatic N) is 2. The average molecular weight is 519 g/mol. The quantitative estimate of drug-likeness (QED) is 0.612. The van der Waals surface area contributed by atoms with Gasteiger partial charge in [0.15, 0.2) is 0 Å². The van der Waals surface area contributed by atoms with Crippen molar-refractivity contribution in [3.63, 3.8) is 0 Å². The van der Waals surface area contributed by atoms with Crippen molar-refractivity contribution in [2.75, 3.05) is 19.8 Å². The maximum atomic E-state index is 13.2. The molecule has 200 valence electrons. The number of alkyl halides is 3. The number of hydrogen-bond donors (Lipinski definition) is 2. The number of carbonyl (C=O) groups is 3. The molecule has 1 fully saturated rings. The third kappa shape index (κ3) is 7.31. The molecule has 0 radical (unpaired) electrons. The van der Waals surface area contributed by atoms with Crippen molar-refractivity contribution in [1.82, 2.24) is 20.4 Å². The van der Waals surface area contributed by atoms with Gasteiger partial charge in [0.25, 0.3) is 5.91 Å². The molecular formula is C27H33F3N4O3. The van der Waals surface area contributed by atoms with Crippen molar-refractivity contribution in [3.8, 4) is 0 Å². The monoisotopic (exact) mass is 518 g/mol. The second-order valence-electron chi connectivity index (χ2n) is 10.4. The van der Waals surface area contributed by atoms with Gasteiger partial charge in [0.1, 0.15) is 6.04 Å². The fourth-order valence-corrected chi connectivity index (χ4v) is 4.23. The van der Waals surface area contributed by atoms with Crippen LogP contribution in [0, 0.1) is 13.8 Å². The van der Waals surface area contributed by atoms with Crippen LogP contribution in [0.4, 0.5) is 13.2 Å². The van der Waals surface area contributed by atoms with E-state index in [1.54, 1.807) is 4.90 Å². The predicted octanol–water partition coefficient (Wildman–Crippen LogP) is 3.64. The number of benzene rings is 2. The summed E-state index contributed by atoms with van der Waals surface area (Å²) in [6.45, 7) is 10.6. The zero-order valence-corrected chi connectivity index (χ0v) is 21.7. The molecule has 1 saturated heterocycles. The maximum absolute atomic E-state index is 13.2. The molecule has 1 aliphatic rings. The van der Waals surface area contributed by atoms with Gasteiger partial charge in [0.2, 0.25) is 11.8 Å². The van der Waals surface area contributed by atoms with Gasteiger partial charge in [-0.05, 0) is 63.9 Å². The molecule has 2 aromatic rings. The zero-order valence-electron chi connectivity index (χ0n) is 21.7. The van der Waals surface area contributed by atoms with Gasteiger partial charge in [-0.3, -0.25) is 19.3 Å². The number of nitrogens with one attached hydrogen (secondary N) is 2. The Morgan fingerprint density at radius 1 is 1.05 bits per heavy atom. The highest BCUT2D eigenvalue weighted by molar-refractivity contribution is 5.97. The lowest BCUT2D eigenvalue weighted by atomic mass is 10.0. The largest absolute Gasteiger partial charge is 0.416 e. The topological polar surface area (TPSA) is 81.8 Å². The summed E-state index contributed by atoms with van der Waals surface area (Å²) < 4.78 is 38.8. The first kappa shape index (κ1) is 28.2. The first-order valence-electron chi connectivity index (χ1n) is 12.0. The van der Waals surface area contributed by atoms with Gasteiger partial charge in [-0.2, -0.15) is 13.2 Å². The molecule has 1 heterocycles. The highest BCUT2D eigenvalue weighted by Crippen LogP contribution is 2.29. The molecule has 7 nitrogen and oxygen atoms in total. The molecule has 0 bridgehead atoms.